The number of nitrogens with one attached hydrogen (secondary N) is 2. The molecule has 6 heteroatoms. The Bertz CT molecular complexity index is 585. The van der Waals surface area contributed by atoms with Crippen molar-refractivity contribution in [2.45, 2.75) is 6.42 Å². The molecule has 110 valence electrons. The van der Waals surface area contributed by atoms with Gasteiger partial charge in [0.05, 0.1) is 19.0 Å². The molecule has 0 saturated carbocycles. The maximum atomic E-state index is 12.8. The van der Waals surface area contributed by atoms with Gasteiger partial charge in [-0.15, -0.1) is 0 Å². The van der Waals surface area contributed by atoms with E-state index in [1.165, 1.54) is 25.4 Å². The lowest BCUT2D eigenvalue weighted by atomic mass is 10.1. The van der Waals surface area contributed by atoms with Crippen molar-refractivity contribution in [1.29, 1.82) is 0 Å². The summed E-state index contributed by atoms with van der Waals surface area (Å²) in [6.45, 7) is 0.683. The van der Waals surface area contributed by atoms with E-state index in [0.717, 1.165) is 12.0 Å². The minimum absolute atomic E-state index is 0.234. The zero-order valence-electron chi connectivity index (χ0n) is 11.6. The minimum Gasteiger partial charge on any atom is -0.453 e. The summed E-state index contributed by atoms with van der Waals surface area (Å²) in [7, 11) is 1.30. The molecule has 1 aromatic heterocycles. The molecule has 0 saturated heterocycles. The van der Waals surface area contributed by atoms with Crippen molar-refractivity contribution >= 4 is 17.6 Å². The average Bonchev–Trinajstić information content (AvgIpc) is 2.51. The highest BCUT2D eigenvalue weighted by Crippen LogP contribution is 2.10. The van der Waals surface area contributed by atoms with Crippen LogP contribution in [0.15, 0.2) is 42.6 Å². The number of anilines is 2. The second-order valence-electron chi connectivity index (χ2n) is 4.35. The fraction of sp³-hybridized carbons (Fsp3) is 0.200. The molecule has 5 nitrogen and oxygen atoms in total. The molecule has 0 fully saturated rings. The molecule has 0 spiro atoms. The number of amides is 1. The van der Waals surface area contributed by atoms with Gasteiger partial charge in [-0.2, -0.15) is 0 Å². The zero-order valence-corrected chi connectivity index (χ0v) is 11.6. The normalized spacial score (nSPS) is 10.0. The molecular weight excluding hydrogens is 273 g/mol. The molecule has 2 N–H and O–H groups in total. The Morgan fingerprint density at radius 2 is 2.00 bits per heavy atom. The topological polar surface area (TPSA) is 63.2 Å². The van der Waals surface area contributed by atoms with Crippen LogP contribution in [0.3, 0.4) is 0 Å². The van der Waals surface area contributed by atoms with Crippen LogP contribution in [0.5, 0.6) is 0 Å². The molecule has 0 atom stereocenters. The van der Waals surface area contributed by atoms with Crippen molar-refractivity contribution in [1.82, 2.24) is 4.98 Å². The number of hydrogen-bond donors (Lipinski definition) is 2. The smallest absolute Gasteiger partial charge is 0.411 e. The van der Waals surface area contributed by atoms with E-state index in [9.17, 15) is 9.18 Å². The number of hydrogen-bond acceptors (Lipinski definition) is 4. The predicted octanol–water partition coefficient (Wildman–Crippen LogP) is 3.05. The van der Waals surface area contributed by atoms with Crippen molar-refractivity contribution in [3.63, 3.8) is 0 Å². The Balaban J connectivity index is 1.80. The van der Waals surface area contributed by atoms with Gasteiger partial charge in [0.1, 0.15) is 11.6 Å². The van der Waals surface area contributed by atoms with Crippen molar-refractivity contribution < 1.29 is 13.9 Å². The first kappa shape index (κ1) is 14.8. The lowest BCUT2D eigenvalue weighted by Crippen LogP contribution is -2.11. The summed E-state index contributed by atoms with van der Waals surface area (Å²) in [6, 6.07) is 9.89. The van der Waals surface area contributed by atoms with Crippen molar-refractivity contribution in [2.24, 2.45) is 0 Å². The molecule has 1 aromatic carbocycles. The molecule has 0 unspecified atom stereocenters. The fourth-order valence-corrected chi connectivity index (χ4v) is 1.73. The van der Waals surface area contributed by atoms with Crippen LogP contribution in [-0.2, 0) is 11.2 Å². The van der Waals surface area contributed by atoms with Gasteiger partial charge in [-0.25, -0.2) is 14.2 Å². The number of halogens is 1. The summed E-state index contributed by atoms with van der Waals surface area (Å²) < 4.78 is 17.2. The van der Waals surface area contributed by atoms with Gasteiger partial charge in [0.15, 0.2) is 0 Å². The van der Waals surface area contributed by atoms with Gasteiger partial charge < -0.3 is 10.1 Å². The summed E-state index contributed by atoms with van der Waals surface area (Å²) in [4.78, 5) is 15.2. The first-order valence-corrected chi connectivity index (χ1v) is 6.47. The van der Waals surface area contributed by atoms with E-state index < -0.39 is 6.09 Å². The monoisotopic (exact) mass is 289 g/mol. The van der Waals surface area contributed by atoms with Crippen LogP contribution >= 0.6 is 0 Å². The standard InChI is InChI=1S/C15H16FN3O2/c1-21-15(20)19-13-6-7-14(18-10-13)17-9-8-11-2-4-12(16)5-3-11/h2-7,10H,8-9H2,1H3,(H,17,18)(H,19,20). The molecule has 1 heterocycles. The second-order valence-corrected chi connectivity index (χ2v) is 4.35. The highest BCUT2D eigenvalue weighted by atomic mass is 19.1. The Morgan fingerprint density at radius 3 is 2.62 bits per heavy atom. The van der Waals surface area contributed by atoms with Gasteiger partial charge in [-0.1, -0.05) is 12.1 Å². The summed E-state index contributed by atoms with van der Waals surface area (Å²) in [5, 5.41) is 5.67. The Labute approximate surface area is 122 Å². The van der Waals surface area contributed by atoms with Crippen LogP contribution in [0, 0.1) is 5.82 Å². The molecule has 1 amide bonds. The van der Waals surface area contributed by atoms with Crippen LogP contribution in [0.2, 0.25) is 0 Å². The quantitative estimate of drug-likeness (QED) is 0.888. The van der Waals surface area contributed by atoms with E-state index in [1.54, 1.807) is 24.3 Å². The number of carbonyl (C=O) groups excluding carboxylic acids is 1. The first-order chi connectivity index (χ1) is 10.2. The largest absolute Gasteiger partial charge is 0.453 e. The van der Waals surface area contributed by atoms with E-state index in [-0.39, 0.29) is 5.82 Å². The molecule has 0 aliphatic heterocycles. The van der Waals surface area contributed by atoms with E-state index in [1.807, 2.05) is 0 Å². The van der Waals surface area contributed by atoms with Crippen LogP contribution in [0.4, 0.5) is 20.7 Å². The highest BCUT2D eigenvalue weighted by molar-refractivity contribution is 5.84. The molecule has 2 rings (SSSR count). The number of nitrogens with zero attached hydrogens (tertiary/aromatic N) is 1. The van der Waals surface area contributed by atoms with Gasteiger partial charge in [0.2, 0.25) is 0 Å². The number of ether oxygens (including phenoxy) is 1. The van der Waals surface area contributed by atoms with E-state index in [0.29, 0.717) is 18.1 Å². The third-order valence-electron chi connectivity index (χ3n) is 2.83. The lowest BCUT2D eigenvalue weighted by Gasteiger charge is -2.07. The minimum atomic E-state index is -0.534. The van der Waals surface area contributed by atoms with Gasteiger partial charge >= 0.3 is 6.09 Å². The number of benzene rings is 1. The summed E-state index contributed by atoms with van der Waals surface area (Å²) in [6.07, 6.45) is 1.77. The summed E-state index contributed by atoms with van der Waals surface area (Å²) >= 11 is 0. The number of carbonyl (C=O) groups is 1. The highest BCUT2D eigenvalue weighted by Gasteiger charge is 2.01. The lowest BCUT2D eigenvalue weighted by molar-refractivity contribution is 0.187. The van der Waals surface area contributed by atoms with Crippen LogP contribution in [0.1, 0.15) is 5.56 Å². The molecule has 0 aliphatic rings. The van der Waals surface area contributed by atoms with Crippen LogP contribution in [0.25, 0.3) is 0 Å². The van der Waals surface area contributed by atoms with Crippen molar-refractivity contribution in [3.8, 4) is 0 Å². The Morgan fingerprint density at radius 1 is 1.24 bits per heavy atom. The average molecular weight is 289 g/mol. The Kier molecular flexibility index (Phi) is 5.09. The van der Waals surface area contributed by atoms with Crippen LogP contribution in [-0.4, -0.2) is 24.7 Å². The predicted molar refractivity (Wildman–Crippen MR) is 78.9 cm³/mol. The molecular formula is C15H16FN3O2. The number of rotatable bonds is 5. The SMILES string of the molecule is COC(=O)Nc1ccc(NCCc2ccc(F)cc2)nc1. The Hall–Kier alpha value is -2.63. The maximum Gasteiger partial charge on any atom is 0.411 e. The number of aromatic nitrogens is 1. The van der Waals surface area contributed by atoms with Gasteiger partial charge in [-0.05, 0) is 36.2 Å². The zero-order chi connectivity index (χ0) is 15.1. The van der Waals surface area contributed by atoms with E-state index >= 15 is 0 Å². The van der Waals surface area contributed by atoms with E-state index in [2.05, 4.69) is 20.4 Å². The number of methoxy groups -OCH3 is 1. The van der Waals surface area contributed by atoms with E-state index in [4.69, 9.17) is 0 Å². The molecule has 21 heavy (non-hydrogen) atoms. The third kappa shape index (κ3) is 4.76. The van der Waals surface area contributed by atoms with Gasteiger partial charge in [-0.3, -0.25) is 5.32 Å². The summed E-state index contributed by atoms with van der Waals surface area (Å²) in [5.74, 6) is 0.467. The fourth-order valence-electron chi connectivity index (χ4n) is 1.73. The maximum absolute atomic E-state index is 12.8. The van der Waals surface area contributed by atoms with Gasteiger partial charge in [0.25, 0.3) is 0 Å². The molecule has 2 aromatic rings. The van der Waals surface area contributed by atoms with Crippen molar-refractivity contribution in [2.75, 3.05) is 24.3 Å². The molecule has 0 radical (unpaired) electrons. The first-order valence-electron chi connectivity index (χ1n) is 6.47. The summed E-state index contributed by atoms with van der Waals surface area (Å²) in [5.41, 5.74) is 1.61. The second kappa shape index (κ2) is 7.23. The van der Waals surface area contributed by atoms with Crippen molar-refractivity contribution in [3.05, 3.63) is 54.0 Å². The third-order valence-corrected chi connectivity index (χ3v) is 2.83. The van der Waals surface area contributed by atoms with Gasteiger partial charge in [0, 0.05) is 6.54 Å². The molecule has 0 aliphatic carbocycles. The molecule has 0 bridgehead atoms. The number of pyridine rings is 1. The van der Waals surface area contributed by atoms with Crippen LogP contribution < -0.4 is 10.6 Å².